The molecule has 2 rings (SSSR count). The molecule has 0 bridgehead atoms. The third-order valence-electron chi connectivity index (χ3n) is 2.80. The Bertz CT molecular complexity index is 499. The van der Waals surface area contributed by atoms with Crippen molar-refractivity contribution in [2.24, 2.45) is 0 Å². The average Bonchev–Trinajstić information content (AvgIpc) is 2.91. The molecule has 1 N–H and O–H groups in total. The predicted molar refractivity (Wildman–Crippen MR) is 73.9 cm³/mol. The topological polar surface area (TPSA) is 21.3 Å². The van der Waals surface area contributed by atoms with E-state index in [2.05, 4.69) is 18.3 Å². The van der Waals surface area contributed by atoms with Crippen molar-refractivity contribution in [3.63, 3.8) is 0 Å². The molecule has 18 heavy (non-hydrogen) atoms. The molecule has 1 unspecified atom stereocenters. The molecule has 1 atom stereocenters. The quantitative estimate of drug-likeness (QED) is 0.861. The second kappa shape index (κ2) is 5.87. The van der Waals surface area contributed by atoms with Crippen molar-refractivity contribution in [3.05, 3.63) is 46.4 Å². The summed E-state index contributed by atoms with van der Waals surface area (Å²) in [6, 6.07) is 8.92. The monoisotopic (exact) mass is 265 g/mol. The number of hydrogen-bond acceptors (Lipinski definition) is 3. The van der Waals surface area contributed by atoms with Gasteiger partial charge >= 0.3 is 0 Å². The molecule has 2 nitrogen and oxygen atoms in total. The van der Waals surface area contributed by atoms with Crippen LogP contribution in [0, 0.1) is 5.82 Å². The summed E-state index contributed by atoms with van der Waals surface area (Å²) in [6.45, 7) is 2.08. The van der Waals surface area contributed by atoms with Crippen LogP contribution in [0.4, 0.5) is 10.1 Å². The SMILES string of the molecule is CCC(Nc1cc(OC)ccc1F)c1cccs1. The zero-order valence-electron chi connectivity index (χ0n) is 10.4. The fourth-order valence-corrected chi connectivity index (χ4v) is 2.65. The summed E-state index contributed by atoms with van der Waals surface area (Å²) in [5.41, 5.74) is 0.481. The Morgan fingerprint density at radius 1 is 1.39 bits per heavy atom. The molecule has 0 fully saturated rings. The van der Waals surface area contributed by atoms with Gasteiger partial charge in [-0.05, 0) is 30.0 Å². The Morgan fingerprint density at radius 2 is 2.22 bits per heavy atom. The van der Waals surface area contributed by atoms with Crippen LogP contribution in [-0.2, 0) is 0 Å². The van der Waals surface area contributed by atoms with Crippen molar-refractivity contribution in [2.75, 3.05) is 12.4 Å². The summed E-state index contributed by atoms with van der Waals surface area (Å²) in [7, 11) is 1.58. The van der Waals surface area contributed by atoms with Gasteiger partial charge in [-0.2, -0.15) is 0 Å². The van der Waals surface area contributed by atoms with E-state index < -0.39 is 0 Å². The first-order valence-electron chi connectivity index (χ1n) is 5.88. The van der Waals surface area contributed by atoms with Crippen LogP contribution in [0.5, 0.6) is 5.75 Å². The summed E-state index contributed by atoms with van der Waals surface area (Å²) in [6.07, 6.45) is 0.900. The Balaban J connectivity index is 2.21. The van der Waals surface area contributed by atoms with E-state index in [0.717, 1.165) is 6.42 Å². The minimum absolute atomic E-state index is 0.131. The van der Waals surface area contributed by atoms with Gasteiger partial charge < -0.3 is 10.1 Å². The van der Waals surface area contributed by atoms with E-state index in [-0.39, 0.29) is 11.9 Å². The van der Waals surface area contributed by atoms with Crippen molar-refractivity contribution < 1.29 is 9.13 Å². The smallest absolute Gasteiger partial charge is 0.146 e. The molecule has 0 radical (unpaired) electrons. The molecule has 2 aromatic rings. The lowest BCUT2D eigenvalue weighted by Crippen LogP contribution is -2.09. The first kappa shape index (κ1) is 12.9. The number of rotatable bonds is 5. The number of ether oxygens (including phenoxy) is 1. The molecular formula is C14H16FNOS. The zero-order chi connectivity index (χ0) is 13.0. The van der Waals surface area contributed by atoms with Crippen molar-refractivity contribution in [2.45, 2.75) is 19.4 Å². The van der Waals surface area contributed by atoms with Crippen molar-refractivity contribution in [1.29, 1.82) is 0 Å². The normalized spacial score (nSPS) is 12.2. The summed E-state index contributed by atoms with van der Waals surface area (Å²) < 4.78 is 18.8. The number of anilines is 1. The van der Waals surface area contributed by atoms with Crippen LogP contribution in [0.1, 0.15) is 24.3 Å². The number of halogens is 1. The molecule has 0 aliphatic rings. The molecule has 0 spiro atoms. The van der Waals surface area contributed by atoms with Crippen LogP contribution >= 0.6 is 11.3 Å². The van der Waals surface area contributed by atoms with Crippen molar-refractivity contribution in [1.82, 2.24) is 0 Å². The summed E-state index contributed by atoms with van der Waals surface area (Å²) >= 11 is 1.67. The van der Waals surface area contributed by atoms with Crippen molar-refractivity contribution in [3.8, 4) is 5.75 Å². The Hall–Kier alpha value is -1.55. The Morgan fingerprint density at radius 3 is 2.83 bits per heavy atom. The second-order valence-electron chi connectivity index (χ2n) is 3.97. The molecule has 0 aliphatic heterocycles. The Kier molecular flexibility index (Phi) is 4.20. The fraction of sp³-hybridized carbons (Fsp3) is 0.286. The maximum absolute atomic E-state index is 13.7. The molecule has 1 heterocycles. The molecule has 0 aliphatic carbocycles. The largest absolute Gasteiger partial charge is 0.497 e. The van der Waals surface area contributed by atoms with Gasteiger partial charge in [-0.25, -0.2) is 4.39 Å². The van der Waals surface area contributed by atoms with Gasteiger partial charge in [0.15, 0.2) is 0 Å². The lowest BCUT2D eigenvalue weighted by Gasteiger charge is -2.18. The standard InChI is InChI=1S/C14H16FNOS/c1-3-12(14-5-4-8-18-14)16-13-9-10(17-2)6-7-11(13)15/h4-9,12,16H,3H2,1-2H3. The van der Waals surface area contributed by atoms with Gasteiger partial charge in [-0.15, -0.1) is 11.3 Å². The van der Waals surface area contributed by atoms with E-state index in [4.69, 9.17) is 4.74 Å². The van der Waals surface area contributed by atoms with E-state index in [9.17, 15) is 4.39 Å². The van der Waals surface area contributed by atoms with E-state index in [1.54, 1.807) is 30.6 Å². The Labute approximate surface area is 110 Å². The molecule has 0 amide bonds. The van der Waals surface area contributed by atoms with E-state index >= 15 is 0 Å². The third kappa shape index (κ3) is 2.82. The van der Waals surface area contributed by atoms with Gasteiger partial charge in [0.05, 0.1) is 18.8 Å². The summed E-state index contributed by atoms with van der Waals surface area (Å²) in [5.74, 6) is 0.394. The first-order valence-corrected chi connectivity index (χ1v) is 6.76. The van der Waals surface area contributed by atoms with E-state index in [1.807, 2.05) is 11.4 Å². The van der Waals surface area contributed by atoms with Crippen LogP contribution < -0.4 is 10.1 Å². The van der Waals surface area contributed by atoms with Gasteiger partial charge in [0.25, 0.3) is 0 Å². The van der Waals surface area contributed by atoms with E-state index in [1.165, 1.54) is 10.9 Å². The highest BCUT2D eigenvalue weighted by Crippen LogP contribution is 2.29. The molecular weight excluding hydrogens is 249 g/mol. The van der Waals surface area contributed by atoms with Crippen LogP contribution in [0.25, 0.3) is 0 Å². The zero-order valence-corrected chi connectivity index (χ0v) is 11.3. The number of hydrogen-bond donors (Lipinski definition) is 1. The van der Waals surface area contributed by atoms with Crippen molar-refractivity contribution >= 4 is 17.0 Å². The van der Waals surface area contributed by atoms with Gasteiger partial charge in [-0.1, -0.05) is 13.0 Å². The lowest BCUT2D eigenvalue weighted by atomic mass is 10.1. The minimum atomic E-state index is -0.259. The second-order valence-corrected chi connectivity index (χ2v) is 4.95. The molecule has 0 saturated carbocycles. The van der Waals surface area contributed by atoms with Crippen LogP contribution in [0.3, 0.4) is 0 Å². The maximum atomic E-state index is 13.7. The third-order valence-corrected chi connectivity index (χ3v) is 3.78. The molecule has 4 heteroatoms. The van der Waals surface area contributed by atoms with Gasteiger partial charge in [0, 0.05) is 10.9 Å². The number of thiophene rings is 1. The van der Waals surface area contributed by atoms with Crippen LogP contribution in [-0.4, -0.2) is 7.11 Å². The highest BCUT2D eigenvalue weighted by atomic mass is 32.1. The minimum Gasteiger partial charge on any atom is -0.497 e. The van der Waals surface area contributed by atoms with Crippen LogP contribution in [0.15, 0.2) is 35.7 Å². The van der Waals surface area contributed by atoms with Gasteiger partial charge in [0.2, 0.25) is 0 Å². The maximum Gasteiger partial charge on any atom is 0.146 e. The first-order chi connectivity index (χ1) is 8.74. The molecule has 1 aromatic carbocycles. The van der Waals surface area contributed by atoms with Crippen LogP contribution in [0.2, 0.25) is 0 Å². The number of methoxy groups -OCH3 is 1. The highest BCUT2D eigenvalue weighted by Gasteiger charge is 2.13. The number of benzene rings is 1. The molecule has 1 aromatic heterocycles. The van der Waals surface area contributed by atoms with E-state index in [0.29, 0.717) is 11.4 Å². The molecule has 96 valence electrons. The summed E-state index contributed by atoms with van der Waals surface area (Å²) in [4.78, 5) is 1.21. The average molecular weight is 265 g/mol. The predicted octanol–water partition coefficient (Wildman–Crippen LogP) is 4.46. The fourth-order valence-electron chi connectivity index (χ4n) is 1.79. The summed E-state index contributed by atoms with van der Waals surface area (Å²) in [5, 5.41) is 5.26. The highest BCUT2D eigenvalue weighted by molar-refractivity contribution is 7.10. The molecule has 0 saturated heterocycles. The number of nitrogens with one attached hydrogen (secondary N) is 1. The lowest BCUT2D eigenvalue weighted by molar-refractivity contribution is 0.414. The van der Waals surface area contributed by atoms with Gasteiger partial charge in [-0.3, -0.25) is 0 Å². The van der Waals surface area contributed by atoms with Gasteiger partial charge in [0.1, 0.15) is 11.6 Å².